The van der Waals surface area contributed by atoms with Crippen molar-refractivity contribution in [2.24, 2.45) is 0 Å². The second kappa shape index (κ2) is 8.94. The molecule has 0 fully saturated rings. The number of nitrogens with zero attached hydrogens (tertiary/aromatic N) is 3. The Kier molecular flexibility index (Phi) is 6.16. The molecule has 0 saturated heterocycles. The van der Waals surface area contributed by atoms with Crippen LogP contribution in [0.3, 0.4) is 0 Å². The highest BCUT2D eigenvalue weighted by molar-refractivity contribution is 6.04. The van der Waals surface area contributed by atoms with E-state index < -0.39 is 0 Å². The molecule has 0 spiro atoms. The Morgan fingerprint density at radius 2 is 1.68 bits per heavy atom. The first-order valence-electron chi connectivity index (χ1n) is 9.10. The van der Waals surface area contributed by atoms with Gasteiger partial charge in [-0.3, -0.25) is 4.79 Å². The van der Waals surface area contributed by atoms with Gasteiger partial charge < -0.3 is 15.5 Å². The molecule has 0 unspecified atom stereocenters. The lowest BCUT2D eigenvalue weighted by Gasteiger charge is -2.21. The minimum Gasteiger partial charge on any atom is -0.372 e. The molecule has 0 aliphatic carbocycles. The van der Waals surface area contributed by atoms with Gasteiger partial charge in [0.15, 0.2) is 0 Å². The SMILES string of the molecule is CCN(CC)c1ccc(NC(=O)c2cnc(Nc3cccc(F)c3)nc2)cc1. The lowest BCUT2D eigenvalue weighted by atomic mass is 10.2. The van der Waals surface area contributed by atoms with Crippen LogP contribution in [0.1, 0.15) is 24.2 Å². The van der Waals surface area contributed by atoms with E-state index in [2.05, 4.69) is 39.3 Å². The molecule has 2 aromatic carbocycles. The van der Waals surface area contributed by atoms with Crippen LogP contribution in [0.4, 0.5) is 27.4 Å². The monoisotopic (exact) mass is 379 g/mol. The molecule has 0 atom stereocenters. The van der Waals surface area contributed by atoms with Gasteiger partial charge in [-0.15, -0.1) is 0 Å². The molecule has 1 aromatic heterocycles. The summed E-state index contributed by atoms with van der Waals surface area (Å²) < 4.78 is 13.2. The number of benzene rings is 2. The molecule has 1 amide bonds. The van der Waals surface area contributed by atoms with E-state index in [1.54, 1.807) is 12.1 Å². The number of aromatic nitrogens is 2. The third-order valence-electron chi connectivity index (χ3n) is 4.25. The first-order valence-corrected chi connectivity index (χ1v) is 9.10. The van der Waals surface area contributed by atoms with Gasteiger partial charge in [0.2, 0.25) is 5.95 Å². The van der Waals surface area contributed by atoms with Gasteiger partial charge in [0, 0.05) is 42.5 Å². The highest BCUT2D eigenvalue weighted by Crippen LogP contribution is 2.18. The lowest BCUT2D eigenvalue weighted by Crippen LogP contribution is -2.21. The second-order valence-electron chi connectivity index (χ2n) is 6.10. The topological polar surface area (TPSA) is 70.2 Å². The Labute approximate surface area is 163 Å². The van der Waals surface area contributed by atoms with Crippen LogP contribution < -0.4 is 15.5 Å². The molecule has 6 nitrogen and oxygen atoms in total. The van der Waals surface area contributed by atoms with Crippen LogP contribution in [0.5, 0.6) is 0 Å². The van der Waals surface area contributed by atoms with E-state index in [1.807, 2.05) is 24.3 Å². The Morgan fingerprint density at radius 1 is 1.00 bits per heavy atom. The van der Waals surface area contributed by atoms with Crippen LogP contribution in [-0.4, -0.2) is 29.0 Å². The Morgan fingerprint density at radius 3 is 2.29 bits per heavy atom. The van der Waals surface area contributed by atoms with Gasteiger partial charge in [-0.2, -0.15) is 0 Å². The van der Waals surface area contributed by atoms with Crippen LogP contribution in [0.2, 0.25) is 0 Å². The number of anilines is 4. The van der Waals surface area contributed by atoms with Gasteiger partial charge in [0.05, 0.1) is 5.56 Å². The smallest absolute Gasteiger partial charge is 0.258 e. The molecule has 2 N–H and O–H groups in total. The van der Waals surface area contributed by atoms with Crippen molar-refractivity contribution in [2.75, 3.05) is 28.6 Å². The molecule has 28 heavy (non-hydrogen) atoms. The molecule has 7 heteroatoms. The van der Waals surface area contributed by atoms with Crippen LogP contribution in [-0.2, 0) is 0 Å². The highest BCUT2D eigenvalue weighted by Gasteiger charge is 2.09. The summed E-state index contributed by atoms with van der Waals surface area (Å²) in [7, 11) is 0. The molecular formula is C21H22FN5O. The largest absolute Gasteiger partial charge is 0.372 e. The van der Waals surface area contributed by atoms with Crippen LogP contribution in [0.25, 0.3) is 0 Å². The van der Waals surface area contributed by atoms with E-state index >= 15 is 0 Å². The summed E-state index contributed by atoms with van der Waals surface area (Å²) in [5.74, 6) is -0.369. The quantitative estimate of drug-likeness (QED) is 0.634. The van der Waals surface area contributed by atoms with Gasteiger partial charge in [-0.05, 0) is 56.3 Å². The Bertz CT molecular complexity index is 924. The van der Waals surface area contributed by atoms with Crippen LogP contribution in [0.15, 0.2) is 60.9 Å². The standard InChI is InChI=1S/C21H22FN5O/c1-3-27(4-2)19-10-8-17(9-11-19)25-20(28)15-13-23-21(24-14-15)26-18-7-5-6-16(22)12-18/h5-14H,3-4H2,1-2H3,(H,25,28)(H,23,24,26). The fourth-order valence-electron chi connectivity index (χ4n) is 2.75. The molecule has 0 aliphatic rings. The zero-order chi connectivity index (χ0) is 19.9. The van der Waals surface area contributed by atoms with Crippen LogP contribution in [0, 0.1) is 5.82 Å². The van der Waals surface area contributed by atoms with E-state index in [9.17, 15) is 9.18 Å². The van der Waals surface area contributed by atoms with E-state index in [4.69, 9.17) is 0 Å². The first-order chi connectivity index (χ1) is 13.6. The summed E-state index contributed by atoms with van der Waals surface area (Å²) >= 11 is 0. The van der Waals surface area contributed by atoms with Gasteiger partial charge >= 0.3 is 0 Å². The second-order valence-corrected chi connectivity index (χ2v) is 6.10. The van der Waals surface area contributed by atoms with E-state index in [-0.39, 0.29) is 17.7 Å². The van der Waals surface area contributed by atoms with E-state index in [1.165, 1.54) is 24.5 Å². The van der Waals surface area contributed by atoms with Crippen molar-refractivity contribution in [1.29, 1.82) is 0 Å². The molecule has 3 rings (SSSR count). The van der Waals surface area contributed by atoms with E-state index in [0.29, 0.717) is 16.9 Å². The molecule has 3 aromatic rings. The molecule has 1 heterocycles. The number of rotatable bonds is 7. The van der Waals surface area contributed by atoms with Gasteiger partial charge in [-0.1, -0.05) is 6.07 Å². The lowest BCUT2D eigenvalue weighted by molar-refractivity contribution is 0.102. The number of carbonyl (C=O) groups is 1. The maximum Gasteiger partial charge on any atom is 0.258 e. The average Bonchev–Trinajstić information content (AvgIpc) is 2.71. The summed E-state index contributed by atoms with van der Waals surface area (Å²) in [6.07, 6.45) is 2.85. The van der Waals surface area contributed by atoms with Crippen molar-refractivity contribution >= 4 is 28.9 Å². The number of hydrogen-bond donors (Lipinski definition) is 2. The number of halogens is 1. The molecule has 144 valence electrons. The predicted octanol–water partition coefficient (Wildman–Crippen LogP) is 4.46. The van der Waals surface area contributed by atoms with Crippen molar-refractivity contribution in [1.82, 2.24) is 9.97 Å². The van der Waals surface area contributed by atoms with Crippen molar-refractivity contribution in [3.8, 4) is 0 Å². The summed E-state index contributed by atoms with van der Waals surface area (Å²) in [6, 6.07) is 13.7. The average molecular weight is 379 g/mol. The predicted molar refractivity (Wildman–Crippen MR) is 110 cm³/mol. The maximum atomic E-state index is 13.2. The highest BCUT2D eigenvalue weighted by atomic mass is 19.1. The first kappa shape index (κ1) is 19.3. The van der Waals surface area contributed by atoms with E-state index in [0.717, 1.165) is 18.8 Å². The Hall–Kier alpha value is -3.48. The number of carbonyl (C=O) groups excluding carboxylic acids is 1. The minimum atomic E-state index is -0.354. The third-order valence-corrected chi connectivity index (χ3v) is 4.25. The number of amides is 1. The van der Waals surface area contributed by atoms with Gasteiger partial charge in [-0.25, -0.2) is 14.4 Å². The molecular weight excluding hydrogens is 357 g/mol. The minimum absolute atomic E-state index is 0.283. The molecule has 0 bridgehead atoms. The third kappa shape index (κ3) is 4.82. The fourth-order valence-corrected chi connectivity index (χ4v) is 2.75. The normalized spacial score (nSPS) is 10.4. The summed E-state index contributed by atoms with van der Waals surface area (Å²) in [4.78, 5) is 22.8. The van der Waals surface area contributed by atoms with Gasteiger partial charge in [0.25, 0.3) is 5.91 Å². The van der Waals surface area contributed by atoms with Crippen LogP contribution >= 0.6 is 0 Å². The fraction of sp³-hybridized carbons (Fsp3) is 0.190. The maximum absolute atomic E-state index is 13.2. The molecule has 0 saturated carbocycles. The molecule has 0 radical (unpaired) electrons. The Balaban J connectivity index is 1.63. The van der Waals surface area contributed by atoms with Crippen molar-refractivity contribution in [3.05, 3.63) is 72.3 Å². The number of hydrogen-bond acceptors (Lipinski definition) is 5. The van der Waals surface area contributed by atoms with Crippen molar-refractivity contribution < 1.29 is 9.18 Å². The summed E-state index contributed by atoms with van der Waals surface area (Å²) in [6.45, 7) is 6.06. The summed E-state index contributed by atoms with van der Waals surface area (Å²) in [5, 5.41) is 5.72. The number of nitrogens with one attached hydrogen (secondary N) is 2. The van der Waals surface area contributed by atoms with Gasteiger partial charge in [0.1, 0.15) is 5.82 Å². The zero-order valence-electron chi connectivity index (χ0n) is 15.8. The molecule has 0 aliphatic heterocycles. The zero-order valence-corrected chi connectivity index (χ0v) is 15.8. The van der Waals surface area contributed by atoms with Crippen molar-refractivity contribution in [2.45, 2.75) is 13.8 Å². The van der Waals surface area contributed by atoms with Crippen molar-refractivity contribution in [3.63, 3.8) is 0 Å². The summed E-state index contributed by atoms with van der Waals surface area (Å²) in [5.41, 5.74) is 2.67.